The molecule has 0 saturated heterocycles. The highest BCUT2D eigenvalue weighted by Gasteiger charge is 2.07. The summed E-state index contributed by atoms with van der Waals surface area (Å²) in [5.41, 5.74) is 7.32. The van der Waals surface area contributed by atoms with Crippen LogP contribution in [0.15, 0.2) is 52.2 Å². The average molecular weight is 259 g/mol. The van der Waals surface area contributed by atoms with Crippen LogP contribution in [-0.4, -0.2) is 11.0 Å². The van der Waals surface area contributed by atoms with Gasteiger partial charge in [-0.2, -0.15) is 0 Å². The topological polar surface area (TPSA) is 83.8 Å². The highest BCUT2D eigenvalue weighted by atomic mass is 16.4. The summed E-state index contributed by atoms with van der Waals surface area (Å²) >= 11 is 0. The Morgan fingerprint density at radius 1 is 1.42 bits per heavy atom. The molecule has 5 nitrogen and oxygen atoms in total. The van der Waals surface area contributed by atoms with Crippen LogP contribution in [-0.2, 0) is 6.54 Å². The molecule has 0 aliphatic carbocycles. The molecule has 0 spiro atoms. The van der Waals surface area contributed by atoms with Gasteiger partial charge in [-0.25, -0.2) is 0 Å². The van der Waals surface area contributed by atoms with E-state index in [-0.39, 0.29) is 11.9 Å². The highest BCUT2D eigenvalue weighted by Crippen LogP contribution is 2.13. The standard InChI is InChI=1S/C14H17N3O2/c1-10(13-6-3-7-19-13)16-9-11-4-2-5-12(8-11)14(15)17-18/h2-8,10,16,18H,9H2,1H3,(H2,15,17)/t10-/m0/s1. The molecule has 0 unspecified atom stereocenters. The fraction of sp³-hybridized carbons (Fsp3) is 0.214. The molecule has 0 saturated carbocycles. The first-order chi connectivity index (χ1) is 9.20. The van der Waals surface area contributed by atoms with Crippen molar-refractivity contribution in [3.8, 4) is 0 Å². The summed E-state index contributed by atoms with van der Waals surface area (Å²) in [6, 6.07) is 11.5. The Labute approximate surface area is 111 Å². The summed E-state index contributed by atoms with van der Waals surface area (Å²) < 4.78 is 5.33. The average Bonchev–Trinajstić information content (AvgIpc) is 2.98. The maximum atomic E-state index is 8.66. The number of furan rings is 1. The minimum absolute atomic E-state index is 0.112. The van der Waals surface area contributed by atoms with E-state index in [9.17, 15) is 0 Å². The van der Waals surface area contributed by atoms with Crippen molar-refractivity contribution < 1.29 is 9.62 Å². The summed E-state index contributed by atoms with van der Waals surface area (Å²) in [7, 11) is 0. The number of hydrogen-bond donors (Lipinski definition) is 3. The number of oxime groups is 1. The van der Waals surface area contributed by atoms with Gasteiger partial charge in [0.15, 0.2) is 5.84 Å². The van der Waals surface area contributed by atoms with Crippen LogP contribution in [0.3, 0.4) is 0 Å². The minimum Gasteiger partial charge on any atom is -0.468 e. The van der Waals surface area contributed by atoms with E-state index < -0.39 is 0 Å². The van der Waals surface area contributed by atoms with Crippen molar-refractivity contribution in [3.05, 3.63) is 59.5 Å². The van der Waals surface area contributed by atoms with E-state index in [1.807, 2.05) is 37.3 Å². The minimum atomic E-state index is 0.112. The zero-order valence-corrected chi connectivity index (χ0v) is 10.7. The molecule has 1 aromatic heterocycles. The molecule has 0 aliphatic heterocycles. The molecule has 2 rings (SSSR count). The molecular formula is C14H17N3O2. The summed E-state index contributed by atoms with van der Waals surface area (Å²) in [6.45, 7) is 2.71. The van der Waals surface area contributed by atoms with E-state index in [0.29, 0.717) is 12.1 Å². The lowest BCUT2D eigenvalue weighted by Gasteiger charge is -2.11. The number of benzene rings is 1. The van der Waals surface area contributed by atoms with Gasteiger partial charge in [-0.3, -0.25) is 0 Å². The zero-order chi connectivity index (χ0) is 13.7. The summed E-state index contributed by atoms with van der Waals surface area (Å²) in [4.78, 5) is 0. The van der Waals surface area contributed by atoms with Gasteiger partial charge < -0.3 is 20.7 Å². The Morgan fingerprint density at radius 3 is 2.95 bits per heavy atom. The Hall–Kier alpha value is -2.27. The van der Waals surface area contributed by atoms with Gasteiger partial charge in [-0.1, -0.05) is 23.4 Å². The third-order valence-corrected chi connectivity index (χ3v) is 2.91. The molecule has 19 heavy (non-hydrogen) atoms. The second-order valence-corrected chi connectivity index (χ2v) is 4.30. The van der Waals surface area contributed by atoms with Crippen LogP contribution in [0.5, 0.6) is 0 Å². The van der Waals surface area contributed by atoms with E-state index in [1.54, 1.807) is 12.3 Å². The summed E-state index contributed by atoms with van der Waals surface area (Å²) in [5, 5.41) is 15.0. The van der Waals surface area contributed by atoms with Crippen molar-refractivity contribution in [1.29, 1.82) is 0 Å². The number of amidine groups is 1. The first-order valence-corrected chi connectivity index (χ1v) is 6.04. The monoisotopic (exact) mass is 259 g/mol. The Kier molecular flexibility index (Phi) is 4.20. The second kappa shape index (κ2) is 6.06. The number of hydrogen-bond acceptors (Lipinski definition) is 4. The quantitative estimate of drug-likeness (QED) is 0.333. The lowest BCUT2D eigenvalue weighted by atomic mass is 10.1. The fourth-order valence-corrected chi connectivity index (χ4v) is 1.81. The van der Waals surface area contributed by atoms with Crippen LogP contribution >= 0.6 is 0 Å². The summed E-state index contributed by atoms with van der Waals surface area (Å²) in [6.07, 6.45) is 1.66. The molecule has 5 heteroatoms. The molecule has 100 valence electrons. The maximum absolute atomic E-state index is 8.66. The van der Waals surface area contributed by atoms with Crippen LogP contribution < -0.4 is 11.1 Å². The van der Waals surface area contributed by atoms with Crippen LogP contribution in [0.2, 0.25) is 0 Å². The Balaban J connectivity index is 2.00. The number of nitrogens with one attached hydrogen (secondary N) is 1. The van der Waals surface area contributed by atoms with Crippen molar-refractivity contribution in [1.82, 2.24) is 5.32 Å². The molecule has 1 atom stereocenters. The zero-order valence-electron chi connectivity index (χ0n) is 10.7. The van der Waals surface area contributed by atoms with Crippen LogP contribution in [0.1, 0.15) is 29.9 Å². The predicted molar refractivity (Wildman–Crippen MR) is 72.9 cm³/mol. The van der Waals surface area contributed by atoms with Crippen molar-refractivity contribution in [2.45, 2.75) is 19.5 Å². The number of nitrogens with zero attached hydrogens (tertiary/aromatic N) is 1. The van der Waals surface area contributed by atoms with E-state index in [2.05, 4.69) is 10.5 Å². The van der Waals surface area contributed by atoms with Gasteiger partial charge in [0.05, 0.1) is 12.3 Å². The Bertz CT molecular complexity index is 550. The molecular weight excluding hydrogens is 242 g/mol. The second-order valence-electron chi connectivity index (χ2n) is 4.30. The van der Waals surface area contributed by atoms with Gasteiger partial charge >= 0.3 is 0 Å². The maximum Gasteiger partial charge on any atom is 0.170 e. The third-order valence-electron chi connectivity index (χ3n) is 2.91. The first kappa shape index (κ1) is 13.2. The molecule has 0 bridgehead atoms. The molecule has 0 radical (unpaired) electrons. The lowest BCUT2D eigenvalue weighted by Crippen LogP contribution is -2.18. The van der Waals surface area contributed by atoms with E-state index in [4.69, 9.17) is 15.4 Å². The number of rotatable bonds is 5. The third kappa shape index (κ3) is 3.35. The molecule has 4 N–H and O–H groups in total. The van der Waals surface area contributed by atoms with Crippen molar-refractivity contribution in [2.24, 2.45) is 10.9 Å². The van der Waals surface area contributed by atoms with Gasteiger partial charge in [0.25, 0.3) is 0 Å². The van der Waals surface area contributed by atoms with Crippen molar-refractivity contribution >= 4 is 5.84 Å². The molecule has 1 heterocycles. The molecule has 0 amide bonds. The molecule has 1 aromatic carbocycles. The van der Waals surface area contributed by atoms with Gasteiger partial charge in [-0.05, 0) is 30.7 Å². The lowest BCUT2D eigenvalue weighted by molar-refractivity contribution is 0.318. The molecule has 0 fully saturated rings. The van der Waals surface area contributed by atoms with Crippen LogP contribution in [0.25, 0.3) is 0 Å². The Morgan fingerprint density at radius 2 is 2.26 bits per heavy atom. The van der Waals surface area contributed by atoms with E-state index in [0.717, 1.165) is 11.3 Å². The predicted octanol–water partition coefficient (Wildman–Crippen LogP) is 2.22. The van der Waals surface area contributed by atoms with Crippen molar-refractivity contribution in [3.63, 3.8) is 0 Å². The van der Waals surface area contributed by atoms with Gasteiger partial charge in [0.1, 0.15) is 5.76 Å². The normalized spacial score (nSPS) is 13.4. The van der Waals surface area contributed by atoms with Crippen molar-refractivity contribution in [2.75, 3.05) is 0 Å². The van der Waals surface area contributed by atoms with Gasteiger partial charge in [-0.15, -0.1) is 0 Å². The number of nitrogens with two attached hydrogens (primary N) is 1. The summed E-state index contributed by atoms with van der Waals surface area (Å²) in [5.74, 6) is 1.01. The molecule has 0 aliphatic rings. The SMILES string of the molecule is C[C@H](NCc1cccc(/C(N)=N/O)c1)c1ccco1. The van der Waals surface area contributed by atoms with Crippen LogP contribution in [0.4, 0.5) is 0 Å². The first-order valence-electron chi connectivity index (χ1n) is 6.04. The largest absolute Gasteiger partial charge is 0.468 e. The van der Waals surface area contributed by atoms with Crippen LogP contribution in [0, 0.1) is 0 Å². The van der Waals surface area contributed by atoms with E-state index >= 15 is 0 Å². The van der Waals surface area contributed by atoms with E-state index in [1.165, 1.54) is 0 Å². The van der Waals surface area contributed by atoms with Gasteiger partial charge in [0, 0.05) is 12.1 Å². The highest BCUT2D eigenvalue weighted by molar-refractivity contribution is 5.97. The fourth-order valence-electron chi connectivity index (χ4n) is 1.81. The molecule has 2 aromatic rings. The van der Waals surface area contributed by atoms with Gasteiger partial charge in [0.2, 0.25) is 0 Å². The smallest absolute Gasteiger partial charge is 0.170 e.